The summed E-state index contributed by atoms with van der Waals surface area (Å²) in [6.07, 6.45) is 3.42. The maximum Gasteiger partial charge on any atom is 0.155 e. The van der Waals surface area contributed by atoms with Gasteiger partial charge in [0.25, 0.3) is 0 Å². The first kappa shape index (κ1) is 9.96. The Hall–Kier alpha value is -2.23. The molecule has 0 amide bonds. The maximum absolute atomic E-state index is 13.5. The number of rotatable bonds is 1. The van der Waals surface area contributed by atoms with Crippen LogP contribution in [0.4, 0.5) is 4.39 Å². The molecular weight excluding hydrogens is 217 g/mol. The summed E-state index contributed by atoms with van der Waals surface area (Å²) in [7, 11) is 0. The molecule has 1 aromatic carbocycles. The number of hydrogen-bond acceptors (Lipinski definition) is 2. The number of halogens is 1. The van der Waals surface area contributed by atoms with Gasteiger partial charge in [0.2, 0.25) is 0 Å². The summed E-state index contributed by atoms with van der Waals surface area (Å²) in [4.78, 5) is 4.23. The van der Waals surface area contributed by atoms with E-state index in [4.69, 9.17) is 0 Å². The van der Waals surface area contributed by atoms with E-state index in [-0.39, 0.29) is 5.82 Å². The zero-order valence-corrected chi connectivity index (χ0v) is 9.24. The van der Waals surface area contributed by atoms with Gasteiger partial charge in [0.1, 0.15) is 5.82 Å². The van der Waals surface area contributed by atoms with Crippen LogP contribution in [-0.4, -0.2) is 15.2 Å². The van der Waals surface area contributed by atoms with E-state index in [1.54, 1.807) is 25.4 Å². The largest absolute Gasteiger partial charge is 0.261 e. The molecule has 0 saturated carbocycles. The van der Waals surface area contributed by atoms with Crippen molar-refractivity contribution in [2.24, 2.45) is 0 Å². The Balaban J connectivity index is 2.16. The second kappa shape index (κ2) is 3.66. The third-order valence-electron chi connectivity index (χ3n) is 2.80. The summed E-state index contributed by atoms with van der Waals surface area (Å²) in [6, 6.07) is 7.12. The van der Waals surface area contributed by atoms with Crippen LogP contribution in [0.2, 0.25) is 0 Å². The molecule has 0 aliphatic carbocycles. The van der Waals surface area contributed by atoms with Crippen LogP contribution in [0, 0.1) is 12.7 Å². The molecule has 0 fully saturated rings. The number of nitrogens with one attached hydrogen (secondary N) is 1. The van der Waals surface area contributed by atoms with Gasteiger partial charge in [0.15, 0.2) is 5.65 Å². The smallest absolute Gasteiger partial charge is 0.155 e. The lowest BCUT2D eigenvalue weighted by molar-refractivity contribution is 0.619. The summed E-state index contributed by atoms with van der Waals surface area (Å²) < 4.78 is 13.5. The Morgan fingerprint density at radius 3 is 2.82 bits per heavy atom. The minimum Gasteiger partial charge on any atom is -0.261 e. The summed E-state index contributed by atoms with van der Waals surface area (Å²) in [5, 5.41) is 7.61. The fraction of sp³-hybridized carbons (Fsp3) is 0.0769. The lowest BCUT2D eigenvalue weighted by Crippen LogP contribution is -1.86. The predicted molar refractivity (Wildman–Crippen MR) is 64.0 cm³/mol. The first-order valence-electron chi connectivity index (χ1n) is 5.30. The SMILES string of the molecule is Cc1ccc(-c2cnc3[nH]ncc3c2)cc1F. The van der Waals surface area contributed by atoms with Gasteiger partial charge < -0.3 is 0 Å². The number of aromatic amines is 1. The molecule has 2 aromatic heterocycles. The van der Waals surface area contributed by atoms with Crippen molar-refractivity contribution in [2.45, 2.75) is 6.92 Å². The van der Waals surface area contributed by atoms with E-state index in [1.165, 1.54) is 6.07 Å². The Bertz CT molecular complexity index is 688. The van der Waals surface area contributed by atoms with Crippen molar-refractivity contribution in [1.82, 2.24) is 15.2 Å². The van der Waals surface area contributed by atoms with Gasteiger partial charge in [0, 0.05) is 17.1 Å². The number of H-pyrrole nitrogens is 1. The third-order valence-corrected chi connectivity index (χ3v) is 2.80. The van der Waals surface area contributed by atoms with Crippen LogP contribution in [0.5, 0.6) is 0 Å². The minimum absolute atomic E-state index is 0.199. The van der Waals surface area contributed by atoms with Gasteiger partial charge in [-0.1, -0.05) is 12.1 Å². The van der Waals surface area contributed by atoms with Gasteiger partial charge in [-0.15, -0.1) is 0 Å². The molecule has 4 heteroatoms. The van der Waals surface area contributed by atoms with Crippen molar-refractivity contribution in [3.8, 4) is 11.1 Å². The van der Waals surface area contributed by atoms with Gasteiger partial charge in [0.05, 0.1) is 6.20 Å². The maximum atomic E-state index is 13.5. The molecule has 0 unspecified atom stereocenters. The van der Waals surface area contributed by atoms with Crippen LogP contribution in [0.25, 0.3) is 22.2 Å². The van der Waals surface area contributed by atoms with Crippen molar-refractivity contribution < 1.29 is 4.39 Å². The Morgan fingerprint density at radius 1 is 1.12 bits per heavy atom. The Morgan fingerprint density at radius 2 is 2.00 bits per heavy atom. The van der Waals surface area contributed by atoms with Crippen LogP contribution in [0.3, 0.4) is 0 Å². The lowest BCUT2D eigenvalue weighted by atomic mass is 10.0. The second-order valence-corrected chi connectivity index (χ2v) is 4.00. The number of hydrogen-bond donors (Lipinski definition) is 1. The van der Waals surface area contributed by atoms with Crippen molar-refractivity contribution in [1.29, 1.82) is 0 Å². The number of benzene rings is 1. The average Bonchev–Trinajstić information content (AvgIpc) is 2.79. The van der Waals surface area contributed by atoms with Crippen LogP contribution in [-0.2, 0) is 0 Å². The zero-order chi connectivity index (χ0) is 11.8. The number of pyridine rings is 1. The van der Waals surface area contributed by atoms with Crippen LogP contribution in [0.1, 0.15) is 5.56 Å². The van der Waals surface area contributed by atoms with Crippen molar-refractivity contribution in [3.05, 3.63) is 48.0 Å². The molecule has 3 rings (SSSR count). The van der Waals surface area contributed by atoms with Crippen LogP contribution < -0.4 is 0 Å². The fourth-order valence-electron chi connectivity index (χ4n) is 1.77. The highest BCUT2D eigenvalue weighted by Crippen LogP contribution is 2.23. The molecule has 17 heavy (non-hydrogen) atoms. The molecule has 0 bridgehead atoms. The molecule has 0 radical (unpaired) electrons. The lowest BCUT2D eigenvalue weighted by Gasteiger charge is -2.03. The fourth-order valence-corrected chi connectivity index (χ4v) is 1.77. The molecule has 0 spiro atoms. The quantitative estimate of drug-likeness (QED) is 0.694. The second-order valence-electron chi connectivity index (χ2n) is 4.00. The highest BCUT2D eigenvalue weighted by atomic mass is 19.1. The van der Waals surface area contributed by atoms with E-state index in [0.29, 0.717) is 5.56 Å². The topological polar surface area (TPSA) is 41.6 Å². The standard InChI is InChI=1S/C13H10FN3/c1-8-2-3-9(5-12(8)14)10-4-11-7-16-17-13(11)15-6-10/h2-7H,1H3,(H,15,16,17). The van der Waals surface area contributed by atoms with Gasteiger partial charge in [-0.2, -0.15) is 5.10 Å². The summed E-state index contributed by atoms with van der Waals surface area (Å²) in [6.45, 7) is 1.75. The van der Waals surface area contributed by atoms with E-state index in [0.717, 1.165) is 22.2 Å². The minimum atomic E-state index is -0.199. The van der Waals surface area contributed by atoms with E-state index in [2.05, 4.69) is 15.2 Å². The first-order valence-corrected chi connectivity index (χ1v) is 5.30. The Labute approximate surface area is 97.3 Å². The highest BCUT2D eigenvalue weighted by molar-refractivity contribution is 5.80. The molecule has 0 aliphatic rings. The normalized spacial score (nSPS) is 10.9. The summed E-state index contributed by atoms with van der Waals surface area (Å²) >= 11 is 0. The van der Waals surface area contributed by atoms with Crippen LogP contribution in [0.15, 0.2) is 36.7 Å². The molecule has 2 heterocycles. The molecule has 0 saturated heterocycles. The highest BCUT2D eigenvalue weighted by Gasteiger charge is 2.04. The molecule has 3 aromatic rings. The molecule has 3 nitrogen and oxygen atoms in total. The van der Waals surface area contributed by atoms with Crippen LogP contribution >= 0.6 is 0 Å². The van der Waals surface area contributed by atoms with Gasteiger partial charge >= 0.3 is 0 Å². The predicted octanol–water partition coefficient (Wildman–Crippen LogP) is 3.07. The van der Waals surface area contributed by atoms with E-state index in [1.807, 2.05) is 12.1 Å². The number of aromatic nitrogens is 3. The van der Waals surface area contributed by atoms with Gasteiger partial charge in [-0.05, 0) is 30.2 Å². The molecule has 1 N–H and O–H groups in total. The molecular formula is C13H10FN3. The van der Waals surface area contributed by atoms with Gasteiger partial charge in [-0.25, -0.2) is 9.37 Å². The monoisotopic (exact) mass is 227 g/mol. The average molecular weight is 227 g/mol. The van der Waals surface area contributed by atoms with E-state index in [9.17, 15) is 4.39 Å². The van der Waals surface area contributed by atoms with Crippen molar-refractivity contribution >= 4 is 11.0 Å². The first-order chi connectivity index (χ1) is 8.24. The summed E-state index contributed by atoms with van der Waals surface area (Å²) in [5.41, 5.74) is 3.09. The summed E-state index contributed by atoms with van der Waals surface area (Å²) in [5.74, 6) is -0.199. The van der Waals surface area contributed by atoms with E-state index >= 15 is 0 Å². The van der Waals surface area contributed by atoms with Crippen molar-refractivity contribution in [3.63, 3.8) is 0 Å². The van der Waals surface area contributed by atoms with Gasteiger partial charge in [-0.3, -0.25) is 5.10 Å². The third kappa shape index (κ3) is 1.67. The van der Waals surface area contributed by atoms with Crippen molar-refractivity contribution in [2.75, 3.05) is 0 Å². The zero-order valence-electron chi connectivity index (χ0n) is 9.24. The molecule has 0 atom stereocenters. The Kier molecular flexibility index (Phi) is 2.14. The number of nitrogens with zero attached hydrogens (tertiary/aromatic N) is 2. The number of aryl methyl sites for hydroxylation is 1. The molecule has 84 valence electrons. The number of fused-ring (bicyclic) bond motifs is 1. The van der Waals surface area contributed by atoms with E-state index < -0.39 is 0 Å². The molecule has 0 aliphatic heterocycles.